The first kappa shape index (κ1) is 23.3. The number of phenolic OH excluding ortho intramolecular Hbond substituents is 1. The second-order valence-electron chi connectivity index (χ2n) is 9.06. The number of pyridine rings is 1. The first-order chi connectivity index (χ1) is 18.3. The molecule has 5 aromatic rings. The average molecular weight is 511 g/mol. The van der Waals surface area contributed by atoms with Crippen molar-refractivity contribution in [1.82, 2.24) is 24.3 Å². The van der Waals surface area contributed by atoms with E-state index in [1.807, 2.05) is 38.1 Å². The Balaban J connectivity index is 1.59. The highest BCUT2D eigenvalue weighted by Gasteiger charge is 2.26. The third-order valence-electron chi connectivity index (χ3n) is 6.62. The van der Waals surface area contributed by atoms with Crippen LogP contribution in [-0.4, -0.2) is 41.9 Å². The van der Waals surface area contributed by atoms with Gasteiger partial charge in [-0.1, -0.05) is 18.2 Å². The predicted molar refractivity (Wildman–Crippen MR) is 142 cm³/mol. The maximum atomic E-state index is 13.9. The van der Waals surface area contributed by atoms with Gasteiger partial charge in [-0.25, -0.2) is 24.0 Å². The summed E-state index contributed by atoms with van der Waals surface area (Å²) in [6.07, 6.45) is 1.62. The quantitative estimate of drug-likeness (QED) is 0.338. The van der Waals surface area contributed by atoms with E-state index in [1.165, 1.54) is 12.1 Å². The summed E-state index contributed by atoms with van der Waals surface area (Å²) in [6.45, 7) is 4.11. The molecule has 0 aliphatic carbocycles. The van der Waals surface area contributed by atoms with Crippen molar-refractivity contribution in [3.63, 3.8) is 0 Å². The van der Waals surface area contributed by atoms with Crippen LogP contribution < -0.4 is 16.6 Å². The van der Waals surface area contributed by atoms with Crippen molar-refractivity contribution in [2.75, 3.05) is 12.0 Å². The van der Waals surface area contributed by atoms with E-state index in [0.29, 0.717) is 45.2 Å². The van der Waals surface area contributed by atoms with Crippen molar-refractivity contribution in [3.05, 3.63) is 93.4 Å². The molecule has 0 unspecified atom stereocenters. The van der Waals surface area contributed by atoms with Crippen LogP contribution in [-0.2, 0) is 6.54 Å². The number of anilines is 1. The number of fused-ring (bicyclic) bond motifs is 2. The lowest BCUT2D eigenvalue weighted by molar-refractivity contribution is 0.432. The van der Waals surface area contributed by atoms with Crippen molar-refractivity contribution in [1.29, 1.82) is 0 Å². The van der Waals surface area contributed by atoms with E-state index in [9.17, 15) is 14.3 Å². The minimum Gasteiger partial charge on any atom is -0.505 e. The molecule has 4 heterocycles. The van der Waals surface area contributed by atoms with Gasteiger partial charge in [-0.2, -0.15) is 5.10 Å². The van der Waals surface area contributed by atoms with Gasteiger partial charge in [0.2, 0.25) is 0 Å². The van der Waals surface area contributed by atoms with E-state index in [0.717, 1.165) is 17.2 Å². The van der Waals surface area contributed by atoms with Crippen molar-refractivity contribution in [2.24, 2.45) is 10.7 Å². The molecule has 6 rings (SSSR count). The fourth-order valence-electron chi connectivity index (χ4n) is 4.74. The second kappa shape index (κ2) is 8.80. The summed E-state index contributed by atoms with van der Waals surface area (Å²) in [5, 5.41) is 18.4. The van der Waals surface area contributed by atoms with E-state index in [-0.39, 0.29) is 24.6 Å². The number of hydrogen-bond donors (Lipinski definition) is 3. The smallest absolute Gasteiger partial charge is 0.267 e. The number of amidine groups is 1. The molecule has 3 aromatic heterocycles. The molecular formula is C27H23FN8O2. The molecule has 0 atom stereocenters. The van der Waals surface area contributed by atoms with E-state index >= 15 is 0 Å². The van der Waals surface area contributed by atoms with Gasteiger partial charge in [0.15, 0.2) is 17.2 Å². The van der Waals surface area contributed by atoms with E-state index < -0.39 is 11.6 Å². The van der Waals surface area contributed by atoms with Crippen molar-refractivity contribution >= 4 is 22.7 Å². The standard InChI is InChI=1S/C27H23FN8O2/c1-14-5-3-4-6-18(14)36-20(33-25-21(27(36)38)15(2)9-10-30-25)12-35-26-22(24(29)31-13-32-26)23(34-35)16-7-8-17(28)19(37)11-16/h3-11,32,37H,12-13H2,1-2H3,(H2,29,31). The molecule has 11 heteroatoms. The summed E-state index contributed by atoms with van der Waals surface area (Å²) >= 11 is 0. The lowest BCUT2D eigenvalue weighted by atomic mass is 10.1. The van der Waals surface area contributed by atoms with Crippen LogP contribution in [0.25, 0.3) is 28.0 Å². The molecular weight excluding hydrogens is 487 g/mol. The largest absolute Gasteiger partial charge is 0.505 e. The fraction of sp³-hybridized carbons (Fsp3) is 0.148. The van der Waals surface area contributed by atoms with Crippen LogP contribution in [0.1, 0.15) is 22.5 Å². The third kappa shape index (κ3) is 3.67. The zero-order chi connectivity index (χ0) is 26.6. The number of nitrogens with zero attached hydrogens (tertiary/aromatic N) is 6. The summed E-state index contributed by atoms with van der Waals surface area (Å²) in [6, 6.07) is 13.3. The molecule has 0 bridgehead atoms. The molecule has 2 aromatic carbocycles. The van der Waals surface area contributed by atoms with E-state index in [4.69, 9.17) is 15.8 Å². The first-order valence-electron chi connectivity index (χ1n) is 11.9. The van der Waals surface area contributed by atoms with Crippen LogP contribution in [0.5, 0.6) is 5.75 Å². The zero-order valence-corrected chi connectivity index (χ0v) is 20.6. The minimum atomic E-state index is -0.743. The van der Waals surface area contributed by atoms with Crippen molar-refractivity contribution in [3.8, 4) is 22.7 Å². The molecule has 1 aliphatic heterocycles. The SMILES string of the molecule is Cc1ccccc1-n1c(Cn2nc(-c3ccc(F)c(O)c3)c3c2NCN=C3N)nc2nccc(C)c2c1=O. The molecule has 38 heavy (non-hydrogen) atoms. The molecule has 0 radical (unpaired) electrons. The number of rotatable bonds is 4. The number of aromatic hydroxyl groups is 1. The monoisotopic (exact) mass is 510 g/mol. The summed E-state index contributed by atoms with van der Waals surface area (Å²) in [7, 11) is 0. The van der Waals surface area contributed by atoms with Crippen LogP contribution >= 0.6 is 0 Å². The lowest BCUT2D eigenvalue weighted by Gasteiger charge is -2.18. The number of aromatic nitrogens is 5. The van der Waals surface area contributed by atoms with Crippen LogP contribution in [0.4, 0.5) is 10.2 Å². The van der Waals surface area contributed by atoms with Gasteiger partial charge in [0.25, 0.3) is 5.56 Å². The summed E-state index contributed by atoms with van der Waals surface area (Å²) in [5.41, 5.74) is 10.1. The number of benzene rings is 2. The Morgan fingerprint density at radius 2 is 1.95 bits per heavy atom. The third-order valence-corrected chi connectivity index (χ3v) is 6.62. The Kier molecular flexibility index (Phi) is 5.41. The number of nitrogens with two attached hydrogens (primary N) is 1. The molecule has 1 aliphatic rings. The molecule has 4 N–H and O–H groups in total. The summed E-state index contributed by atoms with van der Waals surface area (Å²) in [5.74, 6) is -0.0111. The summed E-state index contributed by atoms with van der Waals surface area (Å²) < 4.78 is 17.0. The highest BCUT2D eigenvalue weighted by Crippen LogP contribution is 2.33. The molecule has 0 saturated heterocycles. The van der Waals surface area contributed by atoms with Gasteiger partial charge in [0.05, 0.1) is 16.6 Å². The Bertz CT molecular complexity index is 1840. The van der Waals surface area contributed by atoms with E-state index in [1.54, 1.807) is 21.5 Å². The zero-order valence-electron chi connectivity index (χ0n) is 20.6. The molecule has 0 saturated carbocycles. The molecule has 190 valence electrons. The Morgan fingerprint density at radius 1 is 1.13 bits per heavy atom. The van der Waals surface area contributed by atoms with E-state index in [2.05, 4.69) is 15.3 Å². The van der Waals surface area contributed by atoms with Gasteiger partial charge in [0.1, 0.15) is 36.4 Å². The maximum absolute atomic E-state index is 13.9. The molecule has 0 spiro atoms. The number of hydrogen-bond acceptors (Lipinski definition) is 8. The number of phenols is 1. The van der Waals surface area contributed by atoms with Crippen LogP contribution in [0, 0.1) is 19.7 Å². The molecule has 10 nitrogen and oxygen atoms in total. The number of aliphatic imine (C=N–C) groups is 1. The minimum absolute atomic E-state index is 0.0882. The lowest BCUT2D eigenvalue weighted by Crippen LogP contribution is -2.28. The number of halogens is 1. The Hall–Kier alpha value is -5.06. The molecule has 0 amide bonds. The highest BCUT2D eigenvalue weighted by molar-refractivity contribution is 6.08. The first-order valence-corrected chi connectivity index (χ1v) is 11.9. The number of nitrogens with one attached hydrogen (secondary N) is 1. The predicted octanol–water partition coefficient (Wildman–Crippen LogP) is 3.24. The van der Waals surface area contributed by atoms with Gasteiger partial charge < -0.3 is 16.2 Å². The van der Waals surface area contributed by atoms with Crippen LogP contribution in [0.15, 0.2) is 64.5 Å². The Morgan fingerprint density at radius 3 is 2.74 bits per heavy atom. The highest BCUT2D eigenvalue weighted by atomic mass is 19.1. The second-order valence-corrected chi connectivity index (χ2v) is 9.06. The van der Waals surface area contributed by atoms with Gasteiger partial charge in [-0.3, -0.25) is 9.36 Å². The van der Waals surface area contributed by atoms with Gasteiger partial charge in [-0.15, -0.1) is 0 Å². The average Bonchev–Trinajstić information content (AvgIpc) is 3.26. The Labute approximate surface area is 215 Å². The normalized spacial score (nSPS) is 12.8. The molecule has 0 fully saturated rings. The van der Waals surface area contributed by atoms with Gasteiger partial charge >= 0.3 is 0 Å². The number of para-hydroxylation sites is 1. The van der Waals surface area contributed by atoms with Gasteiger partial charge in [-0.05, 0) is 55.3 Å². The van der Waals surface area contributed by atoms with Crippen LogP contribution in [0.2, 0.25) is 0 Å². The van der Waals surface area contributed by atoms with Crippen molar-refractivity contribution in [2.45, 2.75) is 20.4 Å². The summed E-state index contributed by atoms with van der Waals surface area (Å²) in [4.78, 5) is 27.3. The fourth-order valence-corrected chi connectivity index (χ4v) is 4.74. The maximum Gasteiger partial charge on any atom is 0.267 e. The van der Waals surface area contributed by atoms with Gasteiger partial charge in [0, 0.05) is 11.8 Å². The number of aryl methyl sites for hydroxylation is 2. The van der Waals surface area contributed by atoms with Crippen LogP contribution in [0.3, 0.4) is 0 Å². The topological polar surface area (TPSA) is 136 Å². The van der Waals surface area contributed by atoms with Crippen molar-refractivity contribution < 1.29 is 9.50 Å².